The van der Waals surface area contributed by atoms with E-state index in [1.807, 2.05) is 43.9 Å². The number of nitrogens with one attached hydrogen (secondary N) is 2. The van der Waals surface area contributed by atoms with Gasteiger partial charge >= 0.3 is 6.09 Å². The monoisotopic (exact) mass is 713 g/mol. The average molecular weight is 714 g/mol. The van der Waals surface area contributed by atoms with Gasteiger partial charge in [0, 0.05) is 45.2 Å². The molecule has 1 aromatic heterocycles. The molecule has 4 heterocycles. The quantitative estimate of drug-likeness (QED) is 0.359. The maximum absolute atomic E-state index is 15.1. The number of aryl methyl sites for hydroxylation is 2. The molecule has 0 spiro atoms. The minimum absolute atomic E-state index is 0.0132. The van der Waals surface area contributed by atoms with Gasteiger partial charge in [0.25, 0.3) is 0 Å². The maximum atomic E-state index is 15.1. The molecule has 12 nitrogen and oxygen atoms in total. The second kappa shape index (κ2) is 15.7. The number of ether oxygens (including phenoxy) is 1. The fraction of sp³-hybridized carbons (Fsp3) is 0.575. The fourth-order valence-electron chi connectivity index (χ4n) is 8.14. The molecule has 3 aliphatic heterocycles. The van der Waals surface area contributed by atoms with E-state index < -0.39 is 29.7 Å². The molecule has 0 aliphatic carbocycles. The Balaban J connectivity index is 1.29. The van der Waals surface area contributed by atoms with Gasteiger partial charge in [0.15, 0.2) is 0 Å². The number of carbonyl (C=O) groups is 4. The topological polar surface area (TPSA) is 129 Å². The second-order valence-corrected chi connectivity index (χ2v) is 16.0. The van der Waals surface area contributed by atoms with Crippen LogP contribution < -0.4 is 10.6 Å². The smallest absolute Gasteiger partial charge is 0.410 e. The molecule has 52 heavy (non-hydrogen) atoms. The lowest BCUT2D eigenvalue weighted by Crippen LogP contribution is -2.62. The molecular weight excluding hydrogens is 658 g/mol. The Morgan fingerprint density at radius 1 is 1.00 bits per heavy atom. The zero-order valence-electron chi connectivity index (χ0n) is 31.6. The summed E-state index contributed by atoms with van der Waals surface area (Å²) < 4.78 is 7.63. The van der Waals surface area contributed by atoms with Gasteiger partial charge in [-0.2, -0.15) is 5.10 Å². The number of piperidine rings is 2. The molecule has 3 fully saturated rings. The normalized spacial score (nSPS) is 22.7. The van der Waals surface area contributed by atoms with Crippen molar-refractivity contribution in [2.24, 2.45) is 18.9 Å². The van der Waals surface area contributed by atoms with Gasteiger partial charge in [-0.05, 0) is 108 Å². The Bertz CT molecular complexity index is 1760. The van der Waals surface area contributed by atoms with E-state index >= 15 is 4.79 Å². The molecule has 3 saturated heterocycles. The SMILES string of the molecule is Cc1ccc(C[C@@H]2C[C@@H](C(=O)NCc3ccc4c(cnn4C)c3)N(C(=O)[C@H]3[C@@H](C(=O)N(C)C4CCNCC4)CCCN3C(=O)OC(C)(C)C)C2)cc1. The van der Waals surface area contributed by atoms with Crippen LogP contribution in [0.3, 0.4) is 0 Å². The number of hydrogen-bond acceptors (Lipinski definition) is 7. The van der Waals surface area contributed by atoms with Crippen LogP contribution in [0.4, 0.5) is 4.79 Å². The Morgan fingerprint density at radius 2 is 1.71 bits per heavy atom. The highest BCUT2D eigenvalue weighted by Gasteiger charge is 2.50. The molecule has 4 amide bonds. The van der Waals surface area contributed by atoms with E-state index in [2.05, 4.69) is 40.0 Å². The Labute approximate surface area is 307 Å². The van der Waals surface area contributed by atoms with Crippen LogP contribution in [0, 0.1) is 18.8 Å². The van der Waals surface area contributed by atoms with Gasteiger partial charge in [0.2, 0.25) is 17.7 Å². The van der Waals surface area contributed by atoms with Crippen LogP contribution in [-0.4, -0.2) is 105 Å². The van der Waals surface area contributed by atoms with Gasteiger partial charge in [-0.1, -0.05) is 35.9 Å². The third-order valence-electron chi connectivity index (χ3n) is 10.9. The van der Waals surface area contributed by atoms with Gasteiger partial charge in [0.1, 0.15) is 17.7 Å². The number of amides is 4. The van der Waals surface area contributed by atoms with Crippen molar-refractivity contribution in [2.75, 3.05) is 33.2 Å². The predicted molar refractivity (Wildman–Crippen MR) is 199 cm³/mol. The summed E-state index contributed by atoms with van der Waals surface area (Å²) in [6.45, 7) is 10.0. The molecule has 6 rings (SSSR count). The molecule has 280 valence electrons. The molecular formula is C40H55N7O5. The number of rotatable bonds is 8. The number of benzene rings is 2. The van der Waals surface area contributed by atoms with Gasteiger partial charge in [-0.15, -0.1) is 0 Å². The van der Waals surface area contributed by atoms with Crippen LogP contribution in [0.1, 0.15) is 69.6 Å². The van der Waals surface area contributed by atoms with E-state index in [4.69, 9.17) is 4.74 Å². The van der Waals surface area contributed by atoms with E-state index in [1.165, 1.54) is 10.5 Å². The molecule has 0 unspecified atom stereocenters. The van der Waals surface area contributed by atoms with Crippen LogP contribution in [0.5, 0.6) is 0 Å². The zero-order valence-corrected chi connectivity index (χ0v) is 31.6. The lowest BCUT2D eigenvalue weighted by atomic mass is 9.86. The number of likely N-dealkylation sites (tertiary alicyclic amines) is 2. The molecule has 0 radical (unpaired) electrons. The van der Waals surface area contributed by atoms with Crippen molar-refractivity contribution in [3.8, 4) is 0 Å². The Morgan fingerprint density at radius 3 is 2.42 bits per heavy atom. The van der Waals surface area contributed by atoms with Gasteiger partial charge in [-0.3, -0.25) is 24.0 Å². The summed E-state index contributed by atoms with van der Waals surface area (Å²) in [5, 5.41) is 11.8. The molecule has 4 atom stereocenters. The van der Waals surface area contributed by atoms with Crippen LogP contribution in [0.2, 0.25) is 0 Å². The van der Waals surface area contributed by atoms with Crippen molar-refractivity contribution < 1.29 is 23.9 Å². The van der Waals surface area contributed by atoms with Crippen molar-refractivity contribution in [3.63, 3.8) is 0 Å². The summed E-state index contributed by atoms with van der Waals surface area (Å²) in [6.07, 6.45) is 5.05. The van der Waals surface area contributed by atoms with E-state index in [0.717, 1.165) is 48.0 Å². The second-order valence-electron chi connectivity index (χ2n) is 16.0. The standard InChI is InChI=1S/C40H55N7O5/c1-26-9-11-27(12-10-26)20-29-22-34(36(48)42-23-28-13-14-33-30(21-28)24-43-45(33)6)47(25-29)38(50)35-32(37(49)44(5)31-15-17-41-18-16-31)8-7-19-46(35)39(51)52-40(2,3)4/h9-14,21,24,29,31-32,34-35,41H,7-8,15-20,22-23,25H2,1-6H3,(H,42,48)/t29-,32+,34+,35-/m1/s1. The predicted octanol–water partition coefficient (Wildman–Crippen LogP) is 4.18. The first-order valence-corrected chi connectivity index (χ1v) is 18.8. The fourth-order valence-corrected chi connectivity index (χ4v) is 8.14. The number of aromatic nitrogens is 2. The van der Waals surface area contributed by atoms with Gasteiger partial charge in [-0.25, -0.2) is 4.79 Å². The van der Waals surface area contributed by atoms with E-state index in [9.17, 15) is 14.4 Å². The summed E-state index contributed by atoms with van der Waals surface area (Å²) >= 11 is 0. The number of fused-ring (bicyclic) bond motifs is 1. The maximum Gasteiger partial charge on any atom is 0.410 e. The largest absolute Gasteiger partial charge is 0.444 e. The van der Waals surface area contributed by atoms with E-state index in [-0.39, 0.29) is 29.7 Å². The van der Waals surface area contributed by atoms with Crippen molar-refractivity contribution in [1.82, 2.24) is 35.1 Å². The highest BCUT2D eigenvalue weighted by molar-refractivity contribution is 5.96. The van der Waals surface area contributed by atoms with Crippen molar-refractivity contribution in [3.05, 3.63) is 65.4 Å². The first-order valence-electron chi connectivity index (χ1n) is 18.8. The summed E-state index contributed by atoms with van der Waals surface area (Å²) in [5.41, 5.74) is 3.44. The minimum Gasteiger partial charge on any atom is -0.444 e. The van der Waals surface area contributed by atoms with Gasteiger partial charge in [0.05, 0.1) is 17.6 Å². The number of hydrogen-bond donors (Lipinski definition) is 2. The molecule has 3 aliphatic rings. The Hall–Kier alpha value is -4.45. The van der Waals surface area contributed by atoms with Crippen molar-refractivity contribution in [2.45, 2.75) is 96.5 Å². The molecule has 2 aromatic carbocycles. The average Bonchev–Trinajstić information content (AvgIpc) is 3.73. The molecule has 12 heteroatoms. The van der Waals surface area contributed by atoms with Gasteiger partial charge < -0.3 is 25.2 Å². The lowest BCUT2D eigenvalue weighted by Gasteiger charge is -2.44. The molecule has 0 saturated carbocycles. The molecule has 3 aromatic rings. The summed E-state index contributed by atoms with van der Waals surface area (Å²) in [6, 6.07) is 12.5. The number of nitrogens with zero attached hydrogens (tertiary/aromatic N) is 5. The van der Waals surface area contributed by atoms with Crippen LogP contribution in [0.25, 0.3) is 10.9 Å². The van der Waals surface area contributed by atoms with Crippen molar-refractivity contribution in [1.29, 1.82) is 0 Å². The highest BCUT2D eigenvalue weighted by atomic mass is 16.6. The summed E-state index contributed by atoms with van der Waals surface area (Å²) in [4.78, 5) is 62.3. The zero-order chi connectivity index (χ0) is 37.2. The third-order valence-corrected chi connectivity index (χ3v) is 10.9. The van der Waals surface area contributed by atoms with Crippen LogP contribution >= 0.6 is 0 Å². The summed E-state index contributed by atoms with van der Waals surface area (Å²) in [5.74, 6) is -1.49. The first kappa shape index (κ1) is 37.3. The minimum atomic E-state index is -1.08. The lowest BCUT2D eigenvalue weighted by molar-refractivity contribution is -0.152. The third kappa shape index (κ3) is 8.43. The first-order chi connectivity index (χ1) is 24.8. The Kier molecular flexibility index (Phi) is 11.2. The molecule has 0 bridgehead atoms. The van der Waals surface area contributed by atoms with Crippen LogP contribution in [-0.2, 0) is 39.1 Å². The van der Waals surface area contributed by atoms with Crippen molar-refractivity contribution >= 4 is 34.7 Å². The summed E-state index contributed by atoms with van der Waals surface area (Å²) in [7, 11) is 3.71. The van der Waals surface area contributed by atoms with E-state index in [1.54, 1.807) is 36.8 Å². The van der Waals surface area contributed by atoms with Crippen LogP contribution in [0.15, 0.2) is 48.7 Å². The molecule has 2 N–H and O–H groups in total. The highest BCUT2D eigenvalue weighted by Crippen LogP contribution is 2.34. The van der Waals surface area contributed by atoms with E-state index in [0.29, 0.717) is 45.3 Å². The number of carbonyl (C=O) groups excluding carboxylic acids is 4.